The van der Waals surface area contributed by atoms with Crippen molar-refractivity contribution in [3.8, 4) is 0 Å². The van der Waals surface area contributed by atoms with Crippen LogP contribution in [0, 0.1) is 11.8 Å². The van der Waals surface area contributed by atoms with Gasteiger partial charge in [0.1, 0.15) is 0 Å². The molecule has 1 aliphatic carbocycles. The topological polar surface area (TPSA) is 32.3 Å². The normalized spacial score (nSPS) is 29.1. The highest BCUT2D eigenvalue weighted by Crippen LogP contribution is 2.28. The molecule has 16 heavy (non-hydrogen) atoms. The van der Waals surface area contributed by atoms with E-state index in [1.54, 1.807) is 0 Å². The zero-order valence-corrected chi connectivity index (χ0v) is 11.2. The summed E-state index contributed by atoms with van der Waals surface area (Å²) < 4.78 is 0. The highest BCUT2D eigenvalue weighted by Gasteiger charge is 2.21. The molecule has 0 aromatic rings. The molecule has 0 aliphatic heterocycles. The molecule has 2 unspecified atom stereocenters. The largest absolute Gasteiger partial charge is 0.395 e. The molecule has 0 heterocycles. The van der Waals surface area contributed by atoms with E-state index < -0.39 is 0 Å². The molecule has 2 nitrogen and oxygen atoms in total. The van der Waals surface area contributed by atoms with E-state index >= 15 is 0 Å². The zero-order chi connectivity index (χ0) is 12.0. The Bertz CT molecular complexity index is 178. The second-order valence-electron chi connectivity index (χ2n) is 5.66. The molecule has 0 aromatic carbocycles. The molecule has 1 fully saturated rings. The smallest absolute Gasteiger partial charge is 0.0584 e. The summed E-state index contributed by atoms with van der Waals surface area (Å²) in [6.45, 7) is 7.12. The van der Waals surface area contributed by atoms with Gasteiger partial charge >= 0.3 is 0 Å². The molecular formula is C14H29NO. The van der Waals surface area contributed by atoms with Crippen LogP contribution < -0.4 is 5.32 Å². The summed E-state index contributed by atoms with van der Waals surface area (Å²) in [5.41, 5.74) is 0. The van der Waals surface area contributed by atoms with Gasteiger partial charge in [-0.2, -0.15) is 0 Å². The van der Waals surface area contributed by atoms with Crippen LogP contribution in [0.5, 0.6) is 0 Å². The fourth-order valence-electron chi connectivity index (χ4n) is 2.80. The van der Waals surface area contributed by atoms with Crippen molar-refractivity contribution in [1.29, 1.82) is 0 Å². The summed E-state index contributed by atoms with van der Waals surface area (Å²) in [6, 6.07) is 0.946. The predicted molar refractivity (Wildman–Crippen MR) is 69.5 cm³/mol. The van der Waals surface area contributed by atoms with Crippen LogP contribution >= 0.6 is 0 Å². The van der Waals surface area contributed by atoms with E-state index in [1.165, 1.54) is 32.1 Å². The molecule has 3 atom stereocenters. The van der Waals surface area contributed by atoms with E-state index in [2.05, 4.69) is 26.1 Å². The number of hydrogen-bond acceptors (Lipinski definition) is 2. The van der Waals surface area contributed by atoms with Gasteiger partial charge in [-0.15, -0.1) is 0 Å². The second-order valence-corrected chi connectivity index (χ2v) is 5.66. The van der Waals surface area contributed by atoms with Crippen LogP contribution in [-0.2, 0) is 0 Å². The molecule has 1 rings (SSSR count). The third-order valence-electron chi connectivity index (χ3n) is 4.14. The molecular weight excluding hydrogens is 198 g/mol. The standard InChI is InChI=1S/C14H29NO/c1-4-13(10-16)15-14-7-5-6-12(8-9-14)11(2)3/h11-16H,4-10H2,1-3H3/t12?,13-,14?/m1/s1. The predicted octanol–water partition coefficient (Wildman–Crippen LogP) is 2.95. The Hall–Kier alpha value is -0.0800. The lowest BCUT2D eigenvalue weighted by atomic mass is 9.89. The monoisotopic (exact) mass is 227 g/mol. The number of rotatable bonds is 5. The van der Waals surface area contributed by atoms with Gasteiger partial charge in [0.2, 0.25) is 0 Å². The van der Waals surface area contributed by atoms with Gasteiger partial charge in [0.15, 0.2) is 0 Å². The summed E-state index contributed by atoms with van der Waals surface area (Å²) in [7, 11) is 0. The summed E-state index contributed by atoms with van der Waals surface area (Å²) in [4.78, 5) is 0. The van der Waals surface area contributed by atoms with Crippen LogP contribution in [0.1, 0.15) is 59.3 Å². The lowest BCUT2D eigenvalue weighted by molar-refractivity contribution is 0.222. The fraction of sp³-hybridized carbons (Fsp3) is 1.00. The molecule has 0 saturated heterocycles. The summed E-state index contributed by atoms with van der Waals surface area (Å²) in [5.74, 6) is 1.75. The average Bonchev–Trinajstić information content (AvgIpc) is 2.51. The number of aliphatic hydroxyl groups is 1. The molecule has 96 valence electrons. The molecule has 0 spiro atoms. The maximum absolute atomic E-state index is 9.20. The third kappa shape index (κ3) is 4.42. The van der Waals surface area contributed by atoms with Crippen molar-refractivity contribution in [2.45, 2.75) is 71.4 Å². The van der Waals surface area contributed by atoms with Crippen molar-refractivity contribution in [2.75, 3.05) is 6.61 Å². The van der Waals surface area contributed by atoms with Gasteiger partial charge in [0, 0.05) is 12.1 Å². The molecule has 1 saturated carbocycles. The van der Waals surface area contributed by atoms with Crippen LogP contribution in [0.25, 0.3) is 0 Å². The van der Waals surface area contributed by atoms with Crippen molar-refractivity contribution < 1.29 is 5.11 Å². The quantitative estimate of drug-likeness (QED) is 0.708. The summed E-state index contributed by atoms with van der Waals surface area (Å²) in [5, 5.41) is 12.8. The maximum Gasteiger partial charge on any atom is 0.0584 e. The molecule has 1 aliphatic rings. The Balaban J connectivity index is 2.35. The highest BCUT2D eigenvalue weighted by molar-refractivity contribution is 4.79. The first-order valence-corrected chi connectivity index (χ1v) is 7.04. The maximum atomic E-state index is 9.20. The zero-order valence-electron chi connectivity index (χ0n) is 11.2. The van der Waals surface area contributed by atoms with Crippen molar-refractivity contribution >= 4 is 0 Å². The SMILES string of the molecule is CC[C@H](CO)NC1CCCC(C(C)C)CC1. The second kappa shape index (κ2) is 7.29. The van der Waals surface area contributed by atoms with Crippen LogP contribution in [0.15, 0.2) is 0 Å². The summed E-state index contributed by atoms with van der Waals surface area (Å²) in [6.07, 6.45) is 7.71. The Labute approximate surface area is 101 Å². The first kappa shape index (κ1) is 14.0. The first-order chi connectivity index (χ1) is 7.67. The van der Waals surface area contributed by atoms with E-state index in [1.807, 2.05) is 0 Å². The Kier molecular flexibility index (Phi) is 6.37. The third-order valence-corrected chi connectivity index (χ3v) is 4.14. The van der Waals surface area contributed by atoms with Gasteiger partial charge in [-0.05, 0) is 37.5 Å². The number of hydrogen-bond donors (Lipinski definition) is 2. The minimum Gasteiger partial charge on any atom is -0.395 e. The Morgan fingerprint density at radius 2 is 1.94 bits per heavy atom. The van der Waals surface area contributed by atoms with Crippen molar-refractivity contribution in [3.63, 3.8) is 0 Å². The van der Waals surface area contributed by atoms with Crippen molar-refractivity contribution in [1.82, 2.24) is 5.32 Å². The van der Waals surface area contributed by atoms with Gasteiger partial charge in [-0.1, -0.05) is 33.6 Å². The van der Waals surface area contributed by atoms with Crippen molar-refractivity contribution in [3.05, 3.63) is 0 Å². The minimum atomic E-state index is 0.278. The lowest BCUT2D eigenvalue weighted by Crippen LogP contribution is -2.39. The minimum absolute atomic E-state index is 0.278. The molecule has 2 heteroatoms. The summed E-state index contributed by atoms with van der Waals surface area (Å²) >= 11 is 0. The molecule has 0 bridgehead atoms. The van der Waals surface area contributed by atoms with Crippen molar-refractivity contribution in [2.24, 2.45) is 11.8 Å². The Morgan fingerprint density at radius 1 is 1.19 bits per heavy atom. The van der Waals surface area contributed by atoms with Crippen LogP contribution in [0.4, 0.5) is 0 Å². The number of nitrogens with one attached hydrogen (secondary N) is 1. The highest BCUT2D eigenvalue weighted by atomic mass is 16.3. The van der Waals surface area contributed by atoms with Gasteiger partial charge < -0.3 is 10.4 Å². The van der Waals surface area contributed by atoms with Crippen LogP contribution in [0.2, 0.25) is 0 Å². The molecule has 0 amide bonds. The van der Waals surface area contributed by atoms with Gasteiger partial charge in [-0.25, -0.2) is 0 Å². The van der Waals surface area contributed by atoms with Gasteiger partial charge in [0.05, 0.1) is 6.61 Å². The molecule has 2 N–H and O–H groups in total. The Morgan fingerprint density at radius 3 is 2.50 bits per heavy atom. The van der Waals surface area contributed by atoms with Gasteiger partial charge in [0.25, 0.3) is 0 Å². The van der Waals surface area contributed by atoms with Crippen LogP contribution in [0.3, 0.4) is 0 Å². The van der Waals surface area contributed by atoms with Crippen LogP contribution in [-0.4, -0.2) is 23.8 Å². The van der Waals surface area contributed by atoms with Gasteiger partial charge in [-0.3, -0.25) is 0 Å². The molecule has 0 aromatic heterocycles. The van der Waals surface area contributed by atoms with E-state index in [9.17, 15) is 5.11 Å². The van der Waals surface area contributed by atoms with E-state index in [0.717, 1.165) is 18.3 Å². The van der Waals surface area contributed by atoms with E-state index in [0.29, 0.717) is 12.1 Å². The first-order valence-electron chi connectivity index (χ1n) is 7.04. The molecule has 0 radical (unpaired) electrons. The number of aliphatic hydroxyl groups excluding tert-OH is 1. The van der Waals surface area contributed by atoms with E-state index in [4.69, 9.17) is 0 Å². The lowest BCUT2D eigenvalue weighted by Gasteiger charge is -2.23. The fourth-order valence-corrected chi connectivity index (χ4v) is 2.80. The van der Waals surface area contributed by atoms with E-state index in [-0.39, 0.29) is 6.61 Å². The average molecular weight is 227 g/mol.